The molecule has 0 N–H and O–H groups in total. The van der Waals surface area contributed by atoms with E-state index in [1.807, 2.05) is 20.8 Å². The van der Waals surface area contributed by atoms with Crippen molar-refractivity contribution in [2.45, 2.75) is 32.6 Å². The summed E-state index contributed by atoms with van der Waals surface area (Å²) in [6.45, 7) is 5.71. The van der Waals surface area contributed by atoms with Crippen molar-refractivity contribution in [3.8, 4) is 6.07 Å². The van der Waals surface area contributed by atoms with Crippen LogP contribution in [0.2, 0.25) is 0 Å². The molecule has 3 nitrogen and oxygen atoms in total. The molecule has 0 spiro atoms. The zero-order valence-electron chi connectivity index (χ0n) is 8.20. The van der Waals surface area contributed by atoms with E-state index in [0.717, 1.165) is 12.1 Å². The normalized spacial score (nSPS) is 14.6. The minimum absolute atomic E-state index is 0.478. The van der Waals surface area contributed by atoms with E-state index in [0.29, 0.717) is 5.82 Å². The third kappa shape index (κ3) is 1.83. The van der Waals surface area contributed by atoms with Crippen molar-refractivity contribution in [1.29, 1.82) is 5.26 Å². The molecule has 0 fully saturated rings. The van der Waals surface area contributed by atoms with E-state index < -0.39 is 5.41 Å². The summed E-state index contributed by atoms with van der Waals surface area (Å²) < 4.78 is 0. The Kier molecular flexibility index (Phi) is 2.62. The minimum atomic E-state index is -0.478. The predicted octanol–water partition coefficient (Wildman–Crippen LogP) is 1.98. The summed E-state index contributed by atoms with van der Waals surface area (Å²) in [5.41, 5.74) is 0.332. The number of aryl methyl sites for hydroxylation is 1. The Bertz CT molecular complexity index is 340. The maximum atomic E-state index is 9.02. The van der Waals surface area contributed by atoms with Gasteiger partial charge in [-0.25, -0.2) is 9.97 Å². The van der Waals surface area contributed by atoms with Gasteiger partial charge in [0.15, 0.2) is 0 Å². The molecule has 0 aliphatic rings. The van der Waals surface area contributed by atoms with E-state index in [1.165, 1.54) is 0 Å². The monoisotopic (exact) mass is 175 g/mol. The molecular weight excluding hydrogens is 162 g/mol. The van der Waals surface area contributed by atoms with Crippen LogP contribution in [0.4, 0.5) is 0 Å². The maximum Gasteiger partial charge on any atom is 0.125 e. The number of hydrogen-bond donors (Lipinski definition) is 0. The maximum absolute atomic E-state index is 9.02. The van der Waals surface area contributed by atoms with Crippen molar-refractivity contribution in [2.24, 2.45) is 0 Å². The molecule has 1 aromatic rings. The van der Waals surface area contributed by atoms with Gasteiger partial charge in [0.25, 0.3) is 0 Å². The highest BCUT2D eigenvalue weighted by molar-refractivity contribution is 5.23. The Hall–Kier alpha value is -1.43. The Balaban J connectivity index is 3.14. The fourth-order valence-corrected chi connectivity index (χ4v) is 1.08. The van der Waals surface area contributed by atoms with Gasteiger partial charge >= 0.3 is 0 Å². The minimum Gasteiger partial charge on any atom is -0.242 e. The Morgan fingerprint density at radius 1 is 1.62 bits per heavy atom. The Morgan fingerprint density at radius 2 is 2.31 bits per heavy atom. The van der Waals surface area contributed by atoms with E-state index in [4.69, 9.17) is 5.26 Å². The lowest BCUT2D eigenvalue weighted by molar-refractivity contribution is 0.564. The molecule has 0 aliphatic carbocycles. The van der Waals surface area contributed by atoms with Crippen molar-refractivity contribution in [1.82, 2.24) is 9.97 Å². The molecule has 3 heteroatoms. The van der Waals surface area contributed by atoms with Crippen LogP contribution >= 0.6 is 0 Å². The lowest BCUT2D eigenvalue weighted by Crippen LogP contribution is -2.20. The van der Waals surface area contributed by atoms with Gasteiger partial charge in [0, 0.05) is 6.20 Å². The van der Waals surface area contributed by atoms with Crippen LogP contribution in [0.15, 0.2) is 12.3 Å². The molecule has 1 unspecified atom stereocenters. The molecular formula is C10H13N3. The van der Waals surface area contributed by atoms with Crippen molar-refractivity contribution in [3.63, 3.8) is 0 Å². The highest BCUT2D eigenvalue weighted by Gasteiger charge is 2.25. The number of nitriles is 1. The van der Waals surface area contributed by atoms with Crippen molar-refractivity contribution >= 4 is 0 Å². The van der Waals surface area contributed by atoms with Crippen LogP contribution in [0.3, 0.4) is 0 Å². The zero-order valence-corrected chi connectivity index (χ0v) is 8.20. The summed E-state index contributed by atoms with van der Waals surface area (Å²) in [5.74, 6) is 0.715. The molecule has 0 aromatic carbocycles. The second-order valence-electron chi connectivity index (χ2n) is 3.29. The highest BCUT2D eigenvalue weighted by Crippen LogP contribution is 2.24. The van der Waals surface area contributed by atoms with E-state index in [9.17, 15) is 0 Å². The topological polar surface area (TPSA) is 49.6 Å². The summed E-state index contributed by atoms with van der Waals surface area (Å²) in [6.07, 6.45) is 2.46. The second-order valence-corrected chi connectivity index (χ2v) is 3.29. The summed E-state index contributed by atoms with van der Waals surface area (Å²) in [6, 6.07) is 4.09. The van der Waals surface area contributed by atoms with Crippen molar-refractivity contribution in [3.05, 3.63) is 23.8 Å². The van der Waals surface area contributed by atoms with Crippen molar-refractivity contribution < 1.29 is 0 Å². The fraction of sp³-hybridized carbons (Fsp3) is 0.500. The van der Waals surface area contributed by atoms with Gasteiger partial charge in [0.1, 0.15) is 5.82 Å². The summed E-state index contributed by atoms with van der Waals surface area (Å²) >= 11 is 0. The predicted molar refractivity (Wildman–Crippen MR) is 50.0 cm³/mol. The Morgan fingerprint density at radius 3 is 2.77 bits per heavy atom. The third-order valence-corrected chi connectivity index (χ3v) is 2.30. The lowest BCUT2D eigenvalue weighted by Gasteiger charge is -2.18. The number of nitrogens with zero attached hydrogens (tertiary/aromatic N) is 3. The van der Waals surface area contributed by atoms with Crippen LogP contribution in [-0.4, -0.2) is 9.97 Å². The molecule has 1 rings (SSSR count). The molecule has 1 heterocycles. The standard InChI is InChI=1S/C10H13N3/c1-4-10(3,7-11)9-5-6-12-8(2)13-9/h5-6H,4H2,1-3H3. The van der Waals surface area contributed by atoms with Crippen molar-refractivity contribution in [2.75, 3.05) is 0 Å². The molecule has 68 valence electrons. The first kappa shape index (κ1) is 9.66. The van der Waals surface area contributed by atoms with E-state index in [-0.39, 0.29) is 0 Å². The average molecular weight is 175 g/mol. The SMILES string of the molecule is CCC(C)(C#N)c1ccnc(C)n1. The van der Waals surface area contributed by atoms with Gasteiger partial charge in [-0.1, -0.05) is 6.92 Å². The first-order valence-corrected chi connectivity index (χ1v) is 4.34. The van der Waals surface area contributed by atoms with Gasteiger partial charge in [-0.2, -0.15) is 5.26 Å². The van der Waals surface area contributed by atoms with Crippen LogP contribution in [0.1, 0.15) is 31.8 Å². The van der Waals surface area contributed by atoms with Crippen LogP contribution < -0.4 is 0 Å². The van der Waals surface area contributed by atoms with Gasteiger partial charge in [-0.05, 0) is 26.3 Å². The quantitative estimate of drug-likeness (QED) is 0.690. The fourth-order valence-electron chi connectivity index (χ4n) is 1.08. The van der Waals surface area contributed by atoms with Crippen LogP contribution in [0.25, 0.3) is 0 Å². The van der Waals surface area contributed by atoms with Gasteiger partial charge in [-0.15, -0.1) is 0 Å². The molecule has 1 atom stereocenters. The van der Waals surface area contributed by atoms with Crippen LogP contribution in [0, 0.1) is 18.3 Å². The molecule has 0 aliphatic heterocycles. The molecule has 0 saturated heterocycles. The lowest BCUT2D eigenvalue weighted by atomic mass is 9.85. The van der Waals surface area contributed by atoms with E-state index in [2.05, 4.69) is 16.0 Å². The highest BCUT2D eigenvalue weighted by atomic mass is 14.9. The number of rotatable bonds is 2. The molecule has 0 amide bonds. The molecule has 1 aromatic heterocycles. The third-order valence-electron chi connectivity index (χ3n) is 2.30. The molecule has 0 radical (unpaired) electrons. The first-order chi connectivity index (χ1) is 6.12. The average Bonchev–Trinajstić information content (AvgIpc) is 2.17. The zero-order chi connectivity index (χ0) is 9.90. The number of aromatic nitrogens is 2. The Labute approximate surface area is 78.5 Å². The molecule has 0 saturated carbocycles. The van der Waals surface area contributed by atoms with Gasteiger partial charge in [-0.3, -0.25) is 0 Å². The van der Waals surface area contributed by atoms with E-state index in [1.54, 1.807) is 12.3 Å². The van der Waals surface area contributed by atoms with Crippen LogP contribution in [-0.2, 0) is 5.41 Å². The van der Waals surface area contributed by atoms with Gasteiger partial charge < -0.3 is 0 Å². The summed E-state index contributed by atoms with van der Waals surface area (Å²) in [7, 11) is 0. The second kappa shape index (κ2) is 3.53. The van der Waals surface area contributed by atoms with E-state index >= 15 is 0 Å². The number of hydrogen-bond acceptors (Lipinski definition) is 3. The van der Waals surface area contributed by atoms with Gasteiger partial charge in [0.2, 0.25) is 0 Å². The first-order valence-electron chi connectivity index (χ1n) is 4.34. The van der Waals surface area contributed by atoms with Gasteiger partial charge in [0.05, 0.1) is 17.2 Å². The van der Waals surface area contributed by atoms with Crippen LogP contribution in [0.5, 0.6) is 0 Å². The largest absolute Gasteiger partial charge is 0.242 e. The summed E-state index contributed by atoms with van der Waals surface area (Å²) in [5, 5.41) is 9.02. The smallest absolute Gasteiger partial charge is 0.125 e. The molecule has 13 heavy (non-hydrogen) atoms. The molecule has 0 bridgehead atoms. The summed E-state index contributed by atoms with van der Waals surface area (Å²) in [4.78, 5) is 8.25.